The van der Waals surface area contributed by atoms with E-state index in [2.05, 4.69) is 15.5 Å². The maximum atomic E-state index is 5.32. The van der Waals surface area contributed by atoms with E-state index < -0.39 is 0 Å². The van der Waals surface area contributed by atoms with Crippen LogP contribution < -0.4 is 5.32 Å². The minimum Gasteiger partial charge on any atom is -0.469 e. The van der Waals surface area contributed by atoms with Crippen LogP contribution in [0.15, 0.2) is 21.3 Å². The molecule has 0 bridgehead atoms. The molecular weight excluding hydrogens is 230 g/mol. The van der Waals surface area contributed by atoms with Gasteiger partial charge in [0.05, 0.1) is 17.9 Å². The van der Waals surface area contributed by atoms with Gasteiger partial charge in [0.25, 0.3) is 5.89 Å². The van der Waals surface area contributed by atoms with Crippen LogP contribution in [0, 0.1) is 6.92 Å². The van der Waals surface area contributed by atoms with E-state index >= 15 is 0 Å². The third-order valence-electron chi connectivity index (χ3n) is 3.40. The lowest BCUT2D eigenvalue weighted by molar-refractivity contribution is 0.401. The highest BCUT2D eigenvalue weighted by molar-refractivity contribution is 5.54. The Kier molecular flexibility index (Phi) is 3.15. The predicted octanol–water partition coefficient (Wildman–Crippen LogP) is 2.84. The molecule has 1 atom stereocenters. The van der Waals surface area contributed by atoms with Crippen LogP contribution in [-0.4, -0.2) is 16.7 Å². The second-order valence-corrected chi connectivity index (χ2v) is 4.70. The average molecular weight is 247 g/mol. The van der Waals surface area contributed by atoms with Crippen LogP contribution in [0.1, 0.15) is 43.3 Å². The van der Waals surface area contributed by atoms with E-state index in [0.717, 1.165) is 30.1 Å². The molecule has 1 aliphatic heterocycles. The number of furan rings is 1. The van der Waals surface area contributed by atoms with Crippen molar-refractivity contribution < 1.29 is 8.94 Å². The van der Waals surface area contributed by atoms with Crippen LogP contribution in [0.4, 0.5) is 0 Å². The number of aromatic nitrogens is 2. The largest absolute Gasteiger partial charge is 0.469 e. The lowest BCUT2D eigenvalue weighted by Gasteiger charge is -2.09. The highest BCUT2D eigenvalue weighted by Gasteiger charge is 2.21. The minimum atomic E-state index is 0.220. The van der Waals surface area contributed by atoms with Gasteiger partial charge in [-0.25, -0.2) is 0 Å². The highest BCUT2D eigenvalue weighted by atomic mass is 16.5. The molecule has 1 fully saturated rings. The van der Waals surface area contributed by atoms with Crippen molar-refractivity contribution in [2.45, 2.75) is 38.6 Å². The fourth-order valence-electron chi connectivity index (χ4n) is 2.34. The molecule has 1 saturated heterocycles. The summed E-state index contributed by atoms with van der Waals surface area (Å²) in [5, 5.41) is 7.55. The Morgan fingerprint density at radius 2 is 2.28 bits per heavy atom. The van der Waals surface area contributed by atoms with Crippen molar-refractivity contribution in [1.29, 1.82) is 0 Å². The van der Waals surface area contributed by atoms with Crippen molar-refractivity contribution in [1.82, 2.24) is 15.5 Å². The van der Waals surface area contributed by atoms with Gasteiger partial charge in [-0.2, -0.15) is 4.98 Å². The monoisotopic (exact) mass is 247 g/mol. The first-order chi connectivity index (χ1) is 8.84. The van der Waals surface area contributed by atoms with Crippen molar-refractivity contribution in [3.63, 3.8) is 0 Å². The van der Waals surface area contributed by atoms with Crippen LogP contribution >= 0.6 is 0 Å². The van der Waals surface area contributed by atoms with Crippen molar-refractivity contribution in [2.75, 3.05) is 6.54 Å². The third-order valence-corrected chi connectivity index (χ3v) is 3.40. The van der Waals surface area contributed by atoms with E-state index in [1.54, 1.807) is 6.26 Å². The molecular formula is C13H17N3O2. The summed E-state index contributed by atoms with van der Waals surface area (Å²) in [5.74, 6) is 2.11. The zero-order chi connectivity index (χ0) is 12.4. The Hall–Kier alpha value is -1.62. The summed E-state index contributed by atoms with van der Waals surface area (Å²) in [6.45, 7) is 2.92. The average Bonchev–Trinajstić information content (AvgIpc) is 2.91. The van der Waals surface area contributed by atoms with Gasteiger partial charge < -0.3 is 14.3 Å². The van der Waals surface area contributed by atoms with Crippen molar-refractivity contribution >= 4 is 0 Å². The molecule has 18 heavy (non-hydrogen) atoms. The van der Waals surface area contributed by atoms with E-state index in [4.69, 9.17) is 8.94 Å². The van der Waals surface area contributed by atoms with E-state index in [-0.39, 0.29) is 6.04 Å². The van der Waals surface area contributed by atoms with E-state index in [0.29, 0.717) is 5.89 Å². The van der Waals surface area contributed by atoms with E-state index in [1.165, 1.54) is 19.3 Å². The number of aryl methyl sites for hydroxylation is 1. The summed E-state index contributed by atoms with van der Waals surface area (Å²) in [6.07, 6.45) is 6.42. The molecule has 0 aliphatic carbocycles. The van der Waals surface area contributed by atoms with Crippen LogP contribution in [0.3, 0.4) is 0 Å². The Balaban J connectivity index is 1.82. The maximum absolute atomic E-state index is 5.32. The molecule has 1 aliphatic rings. The van der Waals surface area contributed by atoms with Gasteiger partial charge in [-0.3, -0.25) is 0 Å². The van der Waals surface area contributed by atoms with Gasteiger partial charge in [0.1, 0.15) is 5.76 Å². The van der Waals surface area contributed by atoms with E-state index in [1.807, 2.05) is 13.0 Å². The highest BCUT2D eigenvalue weighted by Crippen LogP contribution is 2.26. The molecule has 5 nitrogen and oxygen atoms in total. The predicted molar refractivity (Wildman–Crippen MR) is 65.9 cm³/mol. The number of rotatable bonds is 2. The van der Waals surface area contributed by atoms with Crippen LogP contribution in [0.25, 0.3) is 11.5 Å². The van der Waals surface area contributed by atoms with E-state index in [9.17, 15) is 0 Å². The summed E-state index contributed by atoms with van der Waals surface area (Å²) in [5.41, 5.74) is 0.877. The number of hydrogen-bond donors (Lipinski definition) is 1. The van der Waals surface area contributed by atoms with Gasteiger partial charge >= 0.3 is 0 Å². The molecule has 5 heteroatoms. The summed E-state index contributed by atoms with van der Waals surface area (Å²) >= 11 is 0. The number of hydrogen-bond acceptors (Lipinski definition) is 5. The van der Waals surface area contributed by atoms with Crippen molar-refractivity contribution in [3.05, 3.63) is 23.9 Å². The normalized spacial score (nSPS) is 20.8. The molecule has 0 amide bonds. The molecule has 0 radical (unpaired) electrons. The Morgan fingerprint density at radius 1 is 1.33 bits per heavy atom. The van der Waals surface area contributed by atoms with Gasteiger partial charge in [0, 0.05) is 0 Å². The Morgan fingerprint density at radius 3 is 3.11 bits per heavy atom. The molecule has 0 spiro atoms. The fraction of sp³-hybridized carbons (Fsp3) is 0.538. The summed E-state index contributed by atoms with van der Waals surface area (Å²) < 4.78 is 10.6. The molecule has 3 heterocycles. The quantitative estimate of drug-likeness (QED) is 0.884. The van der Waals surface area contributed by atoms with Crippen LogP contribution in [-0.2, 0) is 0 Å². The standard InChI is InChI=1S/C13H17N3O2/c1-9-10(6-8-17-9)13-15-12(16-18-13)11-5-3-2-4-7-14-11/h6,8,11,14H,2-5,7H2,1H3. The van der Waals surface area contributed by atoms with Gasteiger partial charge in [0.2, 0.25) is 0 Å². The van der Waals surface area contributed by atoms with Gasteiger partial charge in [0.15, 0.2) is 5.82 Å². The molecule has 96 valence electrons. The van der Waals surface area contributed by atoms with Gasteiger partial charge in [-0.15, -0.1) is 0 Å². The molecule has 1 unspecified atom stereocenters. The molecule has 2 aromatic rings. The Labute approximate surface area is 106 Å². The Bertz CT molecular complexity index is 510. The molecule has 2 aromatic heterocycles. The second-order valence-electron chi connectivity index (χ2n) is 4.70. The molecule has 0 aromatic carbocycles. The topological polar surface area (TPSA) is 64.1 Å². The summed E-state index contributed by atoms with van der Waals surface area (Å²) in [6, 6.07) is 2.07. The maximum Gasteiger partial charge on any atom is 0.261 e. The van der Waals surface area contributed by atoms with Crippen molar-refractivity contribution in [2.24, 2.45) is 0 Å². The lowest BCUT2D eigenvalue weighted by atomic mass is 10.1. The van der Waals surface area contributed by atoms with Crippen molar-refractivity contribution in [3.8, 4) is 11.5 Å². The minimum absolute atomic E-state index is 0.220. The smallest absolute Gasteiger partial charge is 0.261 e. The number of nitrogens with one attached hydrogen (secondary N) is 1. The first-order valence-electron chi connectivity index (χ1n) is 6.46. The van der Waals surface area contributed by atoms with Crippen LogP contribution in [0.2, 0.25) is 0 Å². The van der Waals surface area contributed by atoms with Gasteiger partial charge in [-0.1, -0.05) is 18.0 Å². The zero-order valence-corrected chi connectivity index (χ0v) is 10.5. The summed E-state index contributed by atoms with van der Waals surface area (Å²) in [4.78, 5) is 4.48. The first kappa shape index (κ1) is 11.5. The molecule has 0 saturated carbocycles. The molecule has 3 rings (SSSR count). The third kappa shape index (κ3) is 2.18. The number of nitrogens with zero attached hydrogens (tertiary/aromatic N) is 2. The lowest BCUT2D eigenvalue weighted by Crippen LogP contribution is -2.21. The fourth-order valence-corrected chi connectivity index (χ4v) is 2.34. The summed E-state index contributed by atoms with van der Waals surface area (Å²) in [7, 11) is 0. The first-order valence-corrected chi connectivity index (χ1v) is 6.46. The second kappa shape index (κ2) is 4.94. The SMILES string of the molecule is Cc1occc1-c1nc(C2CCCCCN2)no1. The van der Waals surface area contributed by atoms with Gasteiger partial charge in [-0.05, 0) is 32.4 Å². The van der Waals surface area contributed by atoms with Crippen LogP contribution in [0.5, 0.6) is 0 Å². The zero-order valence-electron chi connectivity index (χ0n) is 10.5. The molecule has 1 N–H and O–H groups in total.